The first-order chi connectivity index (χ1) is 16.3. The van der Waals surface area contributed by atoms with Crippen LogP contribution in [-0.4, -0.2) is 55.7 Å². The number of benzene rings is 1. The number of ether oxygens (including phenoxy) is 1. The molecule has 0 radical (unpaired) electrons. The largest absolute Gasteiger partial charge is 0.383 e. The van der Waals surface area contributed by atoms with Gasteiger partial charge in [0.1, 0.15) is 11.6 Å². The standard InChI is InChI=1S/C24H22N8O/c25-24-18(7-4-9-26-24)20-15-22-27-21(16-23(32(22)29-20)30-11-13-33-14-12-30)31-10-8-19(28-31)17-5-2-1-3-6-17/h1-10,15-16H,11-14H2,(H2,25,26). The molecule has 2 N–H and O–H groups in total. The Balaban J connectivity index is 1.49. The minimum atomic E-state index is 0.439. The number of fused-ring (bicyclic) bond motifs is 1. The summed E-state index contributed by atoms with van der Waals surface area (Å²) in [4.78, 5) is 11.3. The molecule has 1 aliphatic rings. The molecule has 0 aliphatic carbocycles. The maximum atomic E-state index is 6.11. The highest BCUT2D eigenvalue weighted by molar-refractivity contribution is 5.74. The van der Waals surface area contributed by atoms with Gasteiger partial charge in [0.2, 0.25) is 0 Å². The van der Waals surface area contributed by atoms with Crippen LogP contribution in [-0.2, 0) is 4.74 Å². The Bertz CT molecular complexity index is 1420. The van der Waals surface area contributed by atoms with E-state index in [1.165, 1.54) is 0 Å². The van der Waals surface area contributed by atoms with Gasteiger partial charge >= 0.3 is 0 Å². The Hall–Kier alpha value is -4.24. The molecule has 1 fully saturated rings. The Morgan fingerprint density at radius 2 is 1.73 bits per heavy atom. The van der Waals surface area contributed by atoms with E-state index in [4.69, 9.17) is 25.7 Å². The third-order valence-electron chi connectivity index (χ3n) is 5.74. The second-order valence-electron chi connectivity index (χ2n) is 7.82. The van der Waals surface area contributed by atoms with Crippen LogP contribution in [0.15, 0.2) is 73.1 Å². The second kappa shape index (κ2) is 8.03. The average molecular weight is 438 g/mol. The summed E-state index contributed by atoms with van der Waals surface area (Å²) in [5, 5.41) is 9.60. The van der Waals surface area contributed by atoms with Crippen molar-refractivity contribution in [3.05, 3.63) is 73.1 Å². The molecule has 0 atom stereocenters. The molecule has 164 valence electrons. The summed E-state index contributed by atoms with van der Waals surface area (Å²) in [5.74, 6) is 2.09. The minimum Gasteiger partial charge on any atom is -0.383 e. The van der Waals surface area contributed by atoms with Gasteiger partial charge in [-0.15, -0.1) is 0 Å². The van der Waals surface area contributed by atoms with Gasteiger partial charge in [-0.2, -0.15) is 14.7 Å². The molecule has 5 aromatic rings. The van der Waals surface area contributed by atoms with Crippen LogP contribution in [0.25, 0.3) is 34.0 Å². The Morgan fingerprint density at radius 1 is 0.879 bits per heavy atom. The topological polar surface area (TPSA) is 99.4 Å². The molecule has 0 saturated carbocycles. The van der Waals surface area contributed by atoms with Crippen LogP contribution in [0.3, 0.4) is 0 Å². The van der Waals surface area contributed by atoms with Crippen molar-refractivity contribution in [1.29, 1.82) is 0 Å². The fraction of sp³-hybridized carbons (Fsp3) is 0.167. The van der Waals surface area contributed by atoms with Crippen molar-refractivity contribution < 1.29 is 4.74 Å². The molecule has 1 aliphatic heterocycles. The fourth-order valence-electron chi connectivity index (χ4n) is 4.06. The van der Waals surface area contributed by atoms with Crippen molar-refractivity contribution in [1.82, 2.24) is 29.4 Å². The van der Waals surface area contributed by atoms with Gasteiger partial charge in [-0.3, -0.25) is 0 Å². The van der Waals surface area contributed by atoms with Crippen LogP contribution in [0.1, 0.15) is 0 Å². The first kappa shape index (κ1) is 19.4. The van der Waals surface area contributed by atoms with Crippen LogP contribution in [0.2, 0.25) is 0 Å². The summed E-state index contributed by atoms with van der Waals surface area (Å²) in [5.41, 5.74) is 10.3. The average Bonchev–Trinajstić information content (AvgIpc) is 3.52. The van der Waals surface area contributed by atoms with Crippen molar-refractivity contribution in [2.24, 2.45) is 0 Å². The van der Waals surface area contributed by atoms with Gasteiger partial charge < -0.3 is 15.4 Å². The Labute approximate surface area is 190 Å². The third-order valence-corrected chi connectivity index (χ3v) is 5.74. The number of rotatable bonds is 4. The molecule has 0 unspecified atom stereocenters. The lowest BCUT2D eigenvalue weighted by Gasteiger charge is -2.29. The van der Waals surface area contributed by atoms with Crippen LogP contribution in [0.5, 0.6) is 0 Å². The molecule has 9 nitrogen and oxygen atoms in total. The predicted molar refractivity (Wildman–Crippen MR) is 126 cm³/mol. The summed E-state index contributed by atoms with van der Waals surface area (Å²) in [6, 6.07) is 19.8. The van der Waals surface area contributed by atoms with E-state index in [1.807, 2.05) is 71.4 Å². The first-order valence-corrected chi connectivity index (χ1v) is 10.8. The lowest BCUT2D eigenvalue weighted by atomic mass is 10.2. The molecular weight excluding hydrogens is 416 g/mol. The number of pyridine rings is 1. The summed E-state index contributed by atoms with van der Waals surface area (Å²) < 4.78 is 9.22. The number of morpholine rings is 1. The number of aromatic nitrogens is 6. The SMILES string of the molecule is Nc1ncccc1-c1cc2nc(-n3ccc(-c4ccccc4)n3)cc(N3CCOCC3)n2n1. The van der Waals surface area contributed by atoms with Crippen LogP contribution < -0.4 is 10.6 Å². The molecule has 0 spiro atoms. The summed E-state index contributed by atoms with van der Waals surface area (Å²) in [7, 11) is 0. The van der Waals surface area contributed by atoms with Crippen molar-refractivity contribution in [2.75, 3.05) is 36.9 Å². The first-order valence-electron chi connectivity index (χ1n) is 10.8. The fourth-order valence-corrected chi connectivity index (χ4v) is 4.06. The molecule has 5 heterocycles. The molecule has 33 heavy (non-hydrogen) atoms. The van der Waals surface area contributed by atoms with Gasteiger partial charge in [0.15, 0.2) is 11.5 Å². The maximum Gasteiger partial charge on any atom is 0.160 e. The van der Waals surface area contributed by atoms with E-state index >= 15 is 0 Å². The molecule has 0 amide bonds. The zero-order chi connectivity index (χ0) is 22.2. The number of nitrogens with zero attached hydrogens (tertiary/aromatic N) is 7. The van der Waals surface area contributed by atoms with E-state index < -0.39 is 0 Å². The van der Waals surface area contributed by atoms with Crippen molar-refractivity contribution in [3.63, 3.8) is 0 Å². The van der Waals surface area contributed by atoms with E-state index in [-0.39, 0.29) is 0 Å². The van der Waals surface area contributed by atoms with Crippen molar-refractivity contribution >= 4 is 17.3 Å². The molecule has 4 aromatic heterocycles. The molecule has 6 rings (SSSR count). The molecule has 1 aromatic carbocycles. The predicted octanol–water partition coefficient (Wildman–Crippen LogP) is 3.06. The summed E-state index contributed by atoms with van der Waals surface area (Å²) in [6.45, 7) is 2.89. The summed E-state index contributed by atoms with van der Waals surface area (Å²) >= 11 is 0. The van der Waals surface area contributed by atoms with Gasteiger partial charge in [0.25, 0.3) is 0 Å². The highest BCUT2D eigenvalue weighted by atomic mass is 16.5. The number of nitrogen functional groups attached to an aromatic ring is 1. The van der Waals surface area contributed by atoms with Gasteiger partial charge in [0, 0.05) is 48.7 Å². The zero-order valence-electron chi connectivity index (χ0n) is 17.9. The highest BCUT2D eigenvalue weighted by Crippen LogP contribution is 2.28. The lowest BCUT2D eigenvalue weighted by molar-refractivity contribution is 0.122. The normalized spacial score (nSPS) is 14.1. The van der Waals surface area contributed by atoms with Gasteiger partial charge in [0.05, 0.1) is 24.6 Å². The van der Waals surface area contributed by atoms with E-state index in [2.05, 4.69) is 9.88 Å². The zero-order valence-corrected chi connectivity index (χ0v) is 17.9. The lowest BCUT2D eigenvalue weighted by Crippen LogP contribution is -2.37. The molecule has 9 heteroatoms. The monoisotopic (exact) mass is 438 g/mol. The van der Waals surface area contributed by atoms with Gasteiger partial charge in [-0.25, -0.2) is 14.6 Å². The minimum absolute atomic E-state index is 0.439. The molecule has 0 bridgehead atoms. The molecular formula is C24H22N8O. The number of nitrogens with two attached hydrogens (primary N) is 1. The Kier molecular flexibility index (Phi) is 4.73. The van der Waals surface area contributed by atoms with Crippen LogP contribution >= 0.6 is 0 Å². The number of hydrogen-bond acceptors (Lipinski definition) is 7. The number of hydrogen-bond donors (Lipinski definition) is 1. The second-order valence-corrected chi connectivity index (χ2v) is 7.82. The van der Waals surface area contributed by atoms with E-state index in [9.17, 15) is 0 Å². The van der Waals surface area contributed by atoms with Crippen LogP contribution in [0.4, 0.5) is 11.6 Å². The van der Waals surface area contributed by atoms with Crippen molar-refractivity contribution in [3.8, 4) is 28.3 Å². The van der Waals surface area contributed by atoms with Gasteiger partial charge in [-0.05, 0) is 18.2 Å². The highest BCUT2D eigenvalue weighted by Gasteiger charge is 2.20. The molecule has 1 saturated heterocycles. The quantitative estimate of drug-likeness (QED) is 0.460. The summed E-state index contributed by atoms with van der Waals surface area (Å²) in [6.07, 6.45) is 3.60. The Morgan fingerprint density at radius 3 is 2.55 bits per heavy atom. The van der Waals surface area contributed by atoms with Crippen LogP contribution in [0, 0.1) is 0 Å². The smallest absolute Gasteiger partial charge is 0.160 e. The van der Waals surface area contributed by atoms with Crippen molar-refractivity contribution in [2.45, 2.75) is 0 Å². The van der Waals surface area contributed by atoms with E-state index in [0.717, 1.165) is 47.2 Å². The van der Waals surface area contributed by atoms with E-state index in [0.29, 0.717) is 24.7 Å². The third kappa shape index (κ3) is 3.58. The van der Waals surface area contributed by atoms with Gasteiger partial charge in [-0.1, -0.05) is 30.3 Å². The van der Waals surface area contributed by atoms with E-state index in [1.54, 1.807) is 10.9 Å². The number of anilines is 2. The maximum absolute atomic E-state index is 6.11.